The van der Waals surface area contributed by atoms with E-state index in [0.29, 0.717) is 19.0 Å². The fourth-order valence-corrected chi connectivity index (χ4v) is 4.11. The molecule has 0 radical (unpaired) electrons. The van der Waals surface area contributed by atoms with E-state index in [4.69, 9.17) is 9.47 Å². The van der Waals surface area contributed by atoms with Gasteiger partial charge in [0.05, 0.1) is 30.6 Å². The van der Waals surface area contributed by atoms with Gasteiger partial charge in [-0.15, -0.1) is 0 Å². The lowest BCUT2D eigenvalue weighted by Gasteiger charge is -2.52. The van der Waals surface area contributed by atoms with Crippen molar-refractivity contribution < 1.29 is 14.3 Å². The second-order valence-electron chi connectivity index (χ2n) is 7.50. The van der Waals surface area contributed by atoms with Gasteiger partial charge < -0.3 is 14.4 Å². The van der Waals surface area contributed by atoms with Gasteiger partial charge in [-0.2, -0.15) is 0 Å². The average molecular weight is 346 g/mol. The fourth-order valence-electron chi connectivity index (χ4n) is 4.11. The van der Waals surface area contributed by atoms with Crippen LogP contribution in [0.1, 0.15) is 31.4 Å². The largest absolute Gasteiger partial charge is 0.473 e. The van der Waals surface area contributed by atoms with Crippen LogP contribution in [0.3, 0.4) is 0 Å². The summed E-state index contributed by atoms with van der Waals surface area (Å²) in [6, 6.07) is 0. The minimum atomic E-state index is -0.161. The van der Waals surface area contributed by atoms with Crippen LogP contribution in [0.15, 0.2) is 12.4 Å². The zero-order valence-electron chi connectivity index (χ0n) is 14.8. The minimum absolute atomic E-state index is 0.0984. The zero-order valence-corrected chi connectivity index (χ0v) is 14.8. The minimum Gasteiger partial charge on any atom is -0.473 e. The smallest absolute Gasteiger partial charge is 0.236 e. The van der Waals surface area contributed by atoms with Crippen molar-refractivity contribution in [1.29, 1.82) is 0 Å². The highest BCUT2D eigenvalue weighted by Crippen LogP contribution is 2.35. The van der Waals surface area contributed by atoms with Gasteiger partial charge in [0.15, 0.2) is 0 Å². The fraction of sp³-hybridized carbons (Fsp3) is 0.722. The summed E-state index contributed by atoms with van der Waals surface area (Å²) in [6.45, 7) is 6.58. The van der Waals surface area contributed by atoms with Gasteiger partial charge in [-0.1, -0.05) is 0 Å². The van der Waals surface area contributed by atoms with Crippen LogP contribution in [-0.4, -0.2) is 76.7 Å². The van der Waals surface area contributed by atoms with Crippen molar-refractivity contribution in [2.45, 2.75) is 44.3 Å². The predicted molar refractivity (Wildman–Crippen MR) is 91.4 cm³/mol. The van der Waals surface area contributed by atoms with E-state index in [-0.39, 0.29) is 17.6 Å². The van der Waals surface area contributed by atoms with E-state index in [0.717, 1.165) is 57.6 Å². The number of hydrogen-bond donors (Lipinski definition) is 0. The SMILES string of the molecule is Cc1cncc(OC2CCOC3(C2)CN(CC(=O)N2CCCC2)C3)n1. The van der Waals surface area contributed by atoms with Crippen molar-refractivity contribution in [3.05, 3.63) is 18.1 Å². The van der Waals surface area contributed by atoms with Crippen LogP contribution in [0, 0.1) is 6.92 Å². The summed E-state index contributed by atoms with van der Waals surface area (Å²) < 4.78 is 12.1. The topological polar surface area (TPSA) is 67.8 Å². The molecule has 3 aliphatic rings. The Morgan fingerprint density at radius 3 is 2.92 bits per heavy atom. The molecule has 7 nitrogen and oxygen atoms in total. The Balaban J connectivity index is 1.28. The third-order valence-electron chi connectivity index (χ3n) is 5.31. The molecule has 0 bridgehead atoms. The molecule has 0 saturated carbocycles. The third kappa shape index (κ3) is 3.77. The Bertz CT molecular complexity index is 627. The Hall–Kier alpha value is -1.73. The number of hydrogen-bond acceptors (Lipinski definition) is 6. The molecule has 4 rings (SSSR count). The molecule has 136 valence electrons. The molecular formula is C18H26N4O3. The van der Waals surface area contributed by atoms with Crippen LogP contribution in [0.2, 0.25) is 0 Å². The van der Waals surface area contributed by atoms with Crippen LogP contribution in [0.4, 0.5) is 0 Å². The molecule has 0 aliphatic carbocycles. The van der Waals surface area contributed by atoms with E-state index in [1.807, 2.05) is 11.8 Å². The maximum absolute atomic E-state index is 12.3. The highest BCUT2D eigenvalue weighted by atomic mass is 16.5. The average Bonchev–Trinajstić information content (AvgIpc) is 3.08. The number of rotatable bonds is 4. The van der Waals surface area contributed by atoms with Crippen molar-refractivity contribution in [2.24, 2.45) is 0 Å². The van der Waals surface area contributed by atoms with Crippen molar-refractivity contribution >= 4 is 5.91 Å². The van der Waals surface area contributed by atoms with Crippen molar-refractivity contribution in [1.82, 2.24) is 19.8 Å². The number of aryl methyl sites for hydroxylation is 1. The second-order valence-corrected chi connectivity index (χ2v) is 7.50. The van der Waals surface area contributed by atoms with Crippen molar-refractivity contribution in [3.8, 4) is 5.88 Å². The number of nitrogens with zero attached hydrogens (tertiary/aromatic N) is 4. The number of aromatic nitrogens is 2. The monoisotopic (exact) mass is 346 g/mol. The molecule has 7 heteroatoms. The van der Waals surface area contributed by atoms with Crippen LogP contribution in [0.25, 0.3) is 0 Å². The molecule has 1 atom stereocenters. The van der Waals surface area contributed by atoms with Gasteiger partial charge in [0, 0.05) is 45.2 Å². The predicted octanol–water partition coefficient (Wildman–Crippen LogP) is 1.02. The highest BCUT2D eigenvalue weighted by Gasteiger charge is 2.48. The number of likely N-dealkylation sites (tertiary alicyclic amines) is 2. The first-order valence-electron chi connectivity index (χ1n) is 9.21. The first kappa shape index (κ1) is 16.7. The Morgan fingerprint density at radius 1 is 1.36 bits per heavy atom. The maximum Gasteiger partial charge on any atom is 0.236 e. The normalized spacial score (nSPS) is 25.8. The van der Waals surface area contributed by atoms with Crippen LogP contribution in [0.5, 0.6) is 5.88 Å². The van der Waals surface area contributed by atoms with Gasteiger partial charge in [0.1, 0.15) is 6.10 Å². The summed E-state index contributed by atoms with van der Waals surface area (Å²) in [5, 5.41) is 0. The summed E-state index contributed by atoms with van der Waals surface area (Å²) in [5.74, 6) is 0.841. The van der Waals surface area contributed by atoms with E-state index in [1.165, 1.54) is 0 Å². The summed E-state index contributed by atoms with van der Waals surface area (Å²) in [7, 11) is 0. The number of carbonyl (C=O) groups is 1. The molecule has 3 saturated heterocycles. The summed E-state index contributed by atoms with van der Waals surface area (Å²) in [4.78, 5) is 24.9. The van der Waals surface area contributed by atoms with Crippen molar-refractivity contribution in [3.63, 3.8) is 0 Å². The molecule has 25 heavy (non-hydrogen) atoms. The Morgan fingerprint density at radius 2 is 2.16 bits per heavy atom. The van der Waals surface area contributed by atoms with Crippen LogP contribution >= 0.6 is 0 Å². The quantitative estimate of drug-likeness (QED) is 0.811. The lowest BCUT2D eigenvalue weighted by atomic mass is 9.84. The lowest BCUT2D eigenvalue weighted by molar-refractivity contribution is -0.188. The van der Waals surface area contributed by atoms with Gasteiger partial charge in [-0.05, 0) is 19.8 Å². The molecule has 1 unspecified atom stereocenters. The number of ether oxygens (including phenoxy) is 2. The van der Waals surface area contributed by atoms with E-state index >= 15 is 0 Å². The summed E-state index contributed by atoms with van der Waals surface area (Å²) in [5.41, 5.74) is 0.695. The molecule has 0 N–H and O–H groups in total. The summed E-state index contributed by atoms with van der Waals surface area (Å²) in [6.07, 6.45) is 7.47. The number of amides is 1. The van der Waals surface area contributed by atoms with Gasteiger partial charge in [0.2, 0.25) is 11.8 Å². The molecule has 0 aromatic carbocycles. The molecular weight excluding hydrogens is 320 g/mol. The third-order valence-corrected chi connectivity index (χ3v) is 5.31. The van der Waals surface area contributed by atoms with E-state index in [2.05, 4.69) is 14.9 Å². The van der Waals surface area contributed by atoms with Gasteiger partial charge in [-0.25, -0.2) is 4.98 Å². The zero-order chi connectivity index (χ0) is 17.3. The van der Waals surface area contributed by atoms with Gasteiger partial charge >= 0.3 is 0 Å². The first-order valence-corrected chi connectivity index (χ1v) is 9.21. The van der Waals surface area contributed by atoms with Crippen molar-refractivity contribution in [2.75, 3.05) is 39.3 Å². The van der Waals surface area contributed by atoms with E-state index < -0.39 is 0 Å². The highest BCUT2D eigenvalue weighted by molar-refractivity contribution is 5.78. The molecule has 3 aliphatic heterocycles. The standard InChI is InChI=1S/C18H26N4O3/c1-14-9-19-10-16(20-14)25-15-4-7-24-18(8-15)12-21(13-18)11-17(23)22-5-2-3-6-22/h9-10,15H,2-8,11-13H2,1H3. The molecule has 1 amide bonds. The lowest BCUT2D eigenvalue weighted by Crippen LogP contribution is -2.67. The molecule has 1 aromatic rings. The first-order chi connectivity index (χ1) is 12.1. The molecule has 1 spiro atoms. The second kappa shape index (κ2) is 6.88. The molecule has 4 heterocycles. The number of carbonyl (C=O) groups excluding carboxylic acids is 1. The van der Waals surface area contributed by atoms with E-state index in [9.17, 15) is 4.79 Å². The Labute approximate surface area is 148 Å². The maximum atomic E-state index is 12.3. The summed E-state index contributed by atoms with van der Waals surface area (Å²) >= 11 is 0. The molecule has 1 aromatic heterocycles. The Kier molecular flexibility index (Phi) is 4.60. The molecule has 3 fully saturated rings. The van der Waals surface area contributed by atoms with E-state index in [1.54, 1.807) is 12.4 Å². The van der Waals surface area contributed by atoms with Crippen LogP contribution < -0.4 is 4.74 Å². The van der Waals surface area contributed by atoms with Gasteiger partial charge in [-0.3, -0.25) is 14.7 Å². The van der Waals surface area contributed by atoms with Crippen LogP contribution in [-0.2, 0) is 9.53 Å². The van der Waals surface area contributed by atoms with Gasteiger partial charge in [0.25, 0.3) is 0 Å².